The number of piperazine rings is 1. The lowest BCUT2D eigenvalue weighted by Gasteiger charge is -2.42. The van der Waals surface area contributed by atoms with Crippen molar-refractivity contribution in [2.75, 3.05) is 19.6 Å². The molecule has 0 aromatic heterocycles. The largest absolute Gasteiger partial charge is 0.481 e. The van der Waals surface area contributed by atoms with E-state index in [4.69, 9.17) is 10.2 Å². The molecule has 0 aliphatic carbocycles. The van der Waals surface area contributed by atoms with E-state index in [9.17, 15) is 14.4 Å². The Morgan fingerprint density at radius 3 is 2.62 bits per heavy atom. The molecule has 2 aliphatic rings. The van der Waals surface area contributed by atoms with Crippen LogP contribution in [-0.2, 0) is 9.59 Å². The lowest BCUT2D eigenvalue weighted by Crippen LogP contribution is -2.60. The van der Waals surface area contributed by atoms with Crippen LogP contribution < -0.4 is 5.32 Å². The third-order valence-electron chi connectivity index (χ3n) is 4.17. The molecule has 118 valence electrons. The summed E-state index contributed by atoms with van der Waals surface area (Å²) in [5.41, 5.74) is 0. The lowest BCUT2D eigenvalue weighted by atomic mass is 10.1. The van der Waals surface area contributed by atoms with E-state index in [0.717, 1.165) is 25.9 Å². The van der Waals surface area contributed by atoms with E-state index in [2.05, 4.69) is 10.2 Å². The van der Waals surface area contributed by atoms with Crippen molar-refractivity contribution >= 4 is 18.0 Å². The van der Waals surface area contributed by atoms with Crippen molar-refractivity contribution in [2.45, 2.75) is 44.3 Å². The first kappa shape index (κ1) is 15.6. The van der Waals surface area contributed by atoms with E-state index in [1.165, 1.54) is 0 Å². The van der Waals surface area contributed by atoms with Gasteiger partial charge in [0.1, 0.15) is 6.04 Å². The monoisotopic (exact) mass is 299 g/mol. The second-order valence-corrected chi connectivity index (χ2v) is 5.73. The zero-order valence-corrected chi connectivity index (χ0v) is 12.0. The summed E-state index contributed by atoms with van der Waals surface area (Å²) in [7, 11) is 0. The molecule has 0 aromatic carbocycles. The van der Waals surface area contributed by atoms with Crippen LogP contribution in [0.25, 0.3) is 0 Å². The van der Waals surface area contributed by atoms with Crippen molar-refractivity contribution in [1.29, 1.82) is 0 Å². The van der Waals surface area contributed by atoms with Gasteiger partial charge in [-0.05, 0) is 26.3 Å². The summed E-state index contributed by atoms with van der Waals surface area (Å²) in [4.78, 5) is 37.9. The quantitative estimate of drug-likeness (QED) is 0.662. The van der Waals surface area contributed by atoms with Gasteiger partial charge in [0.15, 0.2) is 0 Å². The van der Waals surface area contributed by atoms with Gasteiger partial charge in [-0.25, -0.2) is 9.59 Å². The summed E-state index contributed by atoms with van der Waals surface area (Å²) in [5.74, 6) is -2.59. The SMILES string of the molecule is CC1CN2CCCC2CN1C(=O)N[C@H](CC(=O)O)C(=O)O. The van der Waals surface area contributed by atoms with Gasteiger partial charge < -0.3 is 20.4 Å². The number of amides is 2. The highest BCUT2D eigenvalue weighted by molar-refractivity contribution is 5.86. The Kier molecular flexibility index (Phi) is 4.66. The van der Waals surface area contributed by atoms with E-state index < -0.39 is 30.4 Å². The van der Waals surface area contributed by atoms with Crippen LogP contribution in [0, 0.1) is 0 Å². The van der Waals surface area contributed by atoms with E-state index in [1.807, 2.05) is 6.92 Å². The van der Waals surface area contributed by atoms with Crippen molar-refractivity contribution in [3.63, 3.8) is 0 Å². The van der Waals surface area contributed by atoms with Gasteiger partial charge in [0, 0.05) is 25.2 Å². The minimum atomic E-state index is -1.40. The predicted octanol–water partition coefficient (Wildman–Crippen LogP) is -0.208. The molecule has 0 radical (unpaired) electrons. The summed E-state index contributed by atoms with van der Waals surface area (Å²) in [6, 6.07) is -1.58. The van der Waals surface area contributed by atoms with Crippen LogP contribution in [0.15, 0.2) is 0 Å². The molecule has 2 unspecified atom stereocenters. The fourth-order valence-electron chi connectivity index (χ4n) is 3.08. The molecule has 2 saturated heterocycles. The van der Waals surface area contributed by atoms with Gasteiger partial charge >= 0.3 is 18.0 Å². The molecule has 8 nitrogen and oxygen atoms in total. The molecule has 0 saturated carbocycles. The number of carboxylic acids is 2. The molecule has 2 amide bonds. The highest BCUT2D eigenvalue weighted by atomic mass is 16.4. The van der Waals surface area contributed by atoms with Crippen LogP contribution in [0.4, 0.5) is 4.79 Å². The average Bonchev–Trinajstić information content (AvgIpc) is 2.83. The topological polar surface area (TPSA) is 110 Å². The minimum absolute atomic E-state index is 0.0152. The number of urea groups is 1. The maximum atomic E-state index is 12.2. The number of hydrogen-bond acceptors (Lipinski definition) is 4. The number of carbonyl (C=O) groups excluding carboxylic acids is 1. The van der Waals surface area contributed by atoms with Crippen molar-refractivity contribution in [2.24, 2.45) is 0 Å². The van der Waals surface area contributed by atoms with Gasteiger partial charge in [0.25, 0.3) is 0 Å². The van der Waals surface area contributed by atoms with Crippen LogP contribution in [0.1, 0.15) is 26.2 Å². The number of nitrogens with one attached hydrogen (secondary N) is 1. The maximum Gasteiger partial charge on any atom is 0.326 e. The predicted molar refractivity (Wildman–Crippen MR) is 73.0 cm³/mol. The Morgan fingerprint density at radius 2 is 2.00 bits per heavy atom. The molecule has 2 fully saturated rings. The molecule has 21 heavy (non-hydrogen) atoms. The summed E-state index contributed by atoms with van der Waals surface area (Å²) in [6.07, 6.45) is 1.52. The van der Waals surface area contributed by atoms with Gasteiger partial charge in [-0.1, -0.05) is 0 Å². The van der Waals surface area contributed by atoms with Crippen LogP contribution in [0.2, 0.25) is 0 Å². The smallest absolute Gasteiger partial charge is 0.326 e. The summed E-state index contributed by atoms with van der Waals surface area (Å²) >= 11 is 0. The van der Waals surface area contributed by atoms with Crippen molar-refractivity contribution < 1.29 is 24.6 Å². The van der Waals surface area contributed by atoms with Crippen LogP contribution >= 0.6 is 0 Å². The van der Waals surface area contributed by atoms with Gasteiger partial charge in [-0.15, -0.1) is 0 Å². The molecule has 0 aromatic rings. The fourth-order valence-corrected chi connectivity index (χ4v) is 3.08. The van der Waals surface area contributed by atoms with Crippen LogP contribution in [-0.4, -0.2) is 75.7 Å². The van der Waals surface area contributed by atoms with E-state index in [-0.39, 0.29) is 6.04 Å². The Balaban J connectivity index is 1.97. The second kappa shape index (κ2) is 6.30. The third-order valence-corrected chi connectivity index (χ3v) is 4.17. The van der Waals surface area contributed by atoms with Crippen molar-refractivity contribution in [3.8, 4) is 0 Å². The highest BCUT2D eigenvalue weighted by Gasteiger charge is 2.37. The molecular formula is C13H21N3O5. The van der Waals surface area contributed by atoms with Gasteiger partial charge in [0.05, 0.1) is 6.42 Å². The Morgan fingerprint density at radius 1 is 1.29 bits per heavy atom. The number of rotatable bonds is 4. The molecule has 2 heterocycles. The number of nitrogens with zero attached hydrogens (tertiary/aromatic N) is 2. The molecule has 3 atom stereocenters. The maximum absolute atomic E-state index is 12.2. The third kappa shape index (κ3) is 3.63. The minimum Gasteiger partial charge on any atom is -0.481 e. The van der Waals surface area contributed by atoms with Gasteiger partial charge in [-0.3, -0.25) is 9.69 Å². The molecule has 8 heteroatoms. The Hall–Kier alpha value is -1.83. The van der Waals surface area contributed by atoms with E-state index >= 15 is 0 Å². The molecular weight excluding hydrogens is 278 g/mol. The van der Waals surface area contributed by atoms with Crippen molar-refractivity contribution in [3.05, 3.63) is 0 Å². The molecule has 2 rings (SSSR count). The molecule has 3 N–H and O–H groups in total. The highest BCUT2D eigenvalue weighted by Crippen LogP contribution is 2.24. The molecule has 0 bridgehead atoms. The van der Waals surface area contributed by atoms with Crippen LogP contribution in [0.5, 0.6) is 0 Å². The summed E-state index contributed by atoms with van der Waals surface area (Å²) < 4.78 is 0. The van der Waals surface area contributed by atoms with Crippen molar-refractivity contribution in [1.82, 2.24) is 15.1 Å². The Labute approximate surface area is 122 Å². The first-order valence-electron chi connectivity index (χ1n) is 7.14. The van der Waals surface area contributed by atoms with E-state index in [0.29, 0.717) is 12.6 Å². The molecule has 2 aliphatic heterocycles. The summed E-state index contributed by atoms with van der Waals surface area (Å²) in [5, 5.41) is 20.0. The van der Waals surface area contributed by atoms with Crippen LogP contribution in [0.3, 0.4) is 0 Å². The number of aliphatic carboxylic acids is 2. The first-order valence-corrected chi connectivity index (χ1v) is 7.14. The normalized spacial score (nSPS) is 27.0. The number of hydrogen-bond donors (Lipinski definition) is 3. The number of carbonyl (C=O) groups is 3. The zero-order chi connectivity index (χ0) is 15.6. The zero-order valence-electron chi connectivity index (χ0n) is 12.0. The van der Waals surface area contributed by atoms with Gasteiger partial charge in [0.2, 0.25) is 0 Å². The van der Waals surface area contributed by atoms with E-state index in [1.54, 1.807) is 4.90 Å². The first-order chi connectivity index (χ1) is 9.88. The standard InChI is InChI=1S/C13H21N3O5/c1-8-6-15-4-2-3-9(15)7-16(8)13(21)14-10(12(19)20)5-11(17)18/h8-10H,2-7H2,1H3,(H,14,21)(H,17,18)(H,19,20)/t8?,9?,10-/m1/s1. The second-order valence-electron chi connectivity index (χ2n) is 5.73. The fraction of sp³-hybridized carbons (Fsp3) is 0.769. The summed E-state index contributed by atoms with van der Waals surface area (Å²) in [6.45, 7) is 4.30. The molecule has 0 spiro atoms. The lowest BCUT2D eigenvalue weighted by molar-refractivity contribution is -0.145. The van der Waals surface area contributed by atoms with Gasteiger partial charge in [-0.2, -0.15) is 0 Å². The number of fused-ring (bicyclic) bond motifs is 1. The average molecular weight is 299 g/mol. The Bertz CT molecular complexity index is 442. The number of carboxylic acid groups (broad SMARTS) is 2.